The largest absolute Gasteiger partial charge is 0.326 e. The Morgan fingerprint density at radius 1 is 1.41 bits per heavy atom. The zero-order chi connectivity index (χ0) is 10.9. The molecule has 0 unspecified atom stereocenters. The lowest BCUT2D eigenvalue weighted by Gasteiger charge is -2.15. The van der Waals surface area contributed by atoms with E-state index >= 15 is 0 Å². The maximum Gasteiger partial charge on any atom is 0.244 e. The van der Waals surface area contributed by atoms with E-state index in [1.165, 1.54) is 10.5 Å². The number of sulfonamides is 1. The Hall–Kier alpha value is -0.400. The highest BCUT2D eigenvalue weighted by atomic mass is 35.5. The smallest absolute Gasteiger partial charge is 0.244 e. The molecule has 1 aromatic rings. The van der Waals surface area contributed by atoms with Crippen LogP contribution in [0.15, 0.2) is 29.4 Å². The van der Waals surface area contributed by atoms with Crippen molar-refractivity contribution in [1.82, 2.24) is 9.29 Å². The zero-order valence-electron chi connectivity index (χ0n) is 9.02. The van der Waals surface area contributed by atoms with Crippen molar-refractivity contribution in [2.24, 2.45) is 5.73 Å². The highest BCUT2D eigenvalue weighted by Crippen LogP contribution is 2.19. The first-order chi connectivity index (χ1) is 7.10. The predicted octanol–water partition coefficient (Wildman–Crippen LogP) is 0.647. The van der Waals surface area contributed by atoms with Crippen molar-refractivity contribution in [2.45, 2.75) is 17.4 Å². The van der Waals surface area contributed by atoms with Gasteiger partial charge in [-0.15, -0.1) is 24.8 Å². The van der Waals surface area contributed by atoms with Crippen molar-refractivity contribution in [3.63, 3.8) is 0 Å². The molecule has 0 aliphatic carbocycles. The van der Waals surface area contributed by atoms with Gasteiger partial charge in [0.05, 0.1) is 0 Å². The fraction of sp³-hybridized carbons (Fsp3) is 0.444. The van der Waals surface area contributed by atoms with Crippen molar-refractivity contribution in [3.8, 4) is 0 Å². The van der Waals surface area contributed by atoms with E-state index in [0.29, 0.717) is 13.1 Å². The second kappa shape index (κ2) is 6.51. The Labute approximate surface area is 113 Å². The number of rotatable bonds is 2. The molecule has 5 nitrogen and oxygen atoms in total. The van der Waals surface area contributed by atoms with E-state index in [1.54, 1.807) is 18.3 Å². The number of aromatic nitrogens is 1. The molecule has 1 fully saturated rings. The highest BCUT2D eigenvalue weighted by molar-refractivity contribution is 7.89. The normalized spacial score (nSPS) is 20.4. The van der Waals surface area contributed by atoms with Gasteiger partial charge in [0.25, 0.3) is 0 Å². The van der Waals surface area contributed by atoms with Gasteiger partial charge in [0, 0.05) is 31.5 Å². The minimum atomic E-state index is -3.38. The second-order valence-electron chi connectivity index (χ2n) is 3.60. The molecule has 0 spiro atoms. The van der Waals surface area contributed by atoms with E-state index in [1.807, 2.05) is 0 Å². The van der Waals surface area contributed by atoms with E-state index in [-0.39, 0.29) is 35.8 Å². The van der Waals surface area contributed by atoms with Crippen LogP contribution in [-0.2, 0) is 10.0 Å². The molecule has 1 atom stereocenters. The van der Waals surface area contributed by atoms with Gasteiger partial charge in [-0.1, -0.05) is 0 Å². The van der Waals surface area contributed by atoms with Crippen LogP contribution < -0.4 is 5.73 Å². The van der Waals surface area contributed by atoms with Crippen LogP contribution in [0.2, 0.25) is 0 Å². The summed E-state index contributed by atoms with van der Waals surface area (Å²) in [5, 5.41) is 0. The average Bonchev–Trinajstić information content (AvgIpc) is 2.67. The van der Waals surface area contributed by atoms with Crippen LogP contribution in [0.3, 0.4) is 0 Å². The Kier molecular flexibility index (Phi) is 6.36. The van der Waals surface area contributed by atoms with Crippen LogP contribution in [0.4, 0.5) is 0 Å². The molecule has 0 bridgehead atoms. The lowest BCUT2D eigenvalue weighted by molar-refractivity contribution is 0.472. The molecular weight excluding hydrogens is 285 g/mol. The van der Waals surface area contributed by atoms with Gasteiger partial charge in [-0.05, 0) is 18.6 Å². The molecule has 2 N–H and O–H groups in total. The molecule has 1 aliphatic heterocycles. The van der Waals surface area contributed by atoms with Crippen LogP contribution in [0.5, 0.6) is 0 Å². The Balaban J connectivity index is 0.00000128. The molecule has 0 aromatic carbocycles. The molecular formula is C9H15Cl2N3O2S. The summed E-state index contributed by atoms with van der Waals surface area (Å²) in [5.41, 5.74) is 5.68. The summed E-state index contributed by atoms with van der Waals surface area (Å²) in [6.07, 6.45) is 3.63. The Bertz CT molecular complexity index is 441. The quantitative estimate of drug-likeness (QED) is 0.870. The molecule has 2 rings (SSSR count). The van der Waals surface area contributed by atoms with Gasteiger partial charge in [0.2, 0.25) is 10.0 Å². The minimum absolute atomic E-state index is 0. The molecule has 98 valence electrons. The summed E-state index contributed by atoms with van der Waals surface area (Å²) in [6, 6.07) is 3.12. The van der Waals surface area contributed by atoms with Crippen molar-refractivity contribution in [3.05, 3.63) is 24.5 Å². The Morgan fingerprint density at radius 3 is 2.59 bits per heavy atom. The summed E-state index contributed by atoms with van der Waals surface area (Å²) in [5.74, 6) is 0. The molecule has 2 heterocycles. The molecule has 0 radical (unpaired) electrons. The maximum absolute atomic E-state index is 12.0. The van der Waals surface area contributed by atoms with E-state index in [2.05, 4.69) is 4.98 Å². The van der Waals surface area contributed by atoms with Gasteiger partial charge in [-0.25, -0.2) is 8.42 Å². The first-order valence-corrected chi connectivity index (χ1v) is 6.20. The van der Waals surface area contributed by atoms with Gasteiger partial charge in [0.1, 0.15) is 4.90 Å². The maximum atomic E-state index is 12.0. The lowest BCUT2D eigenvalue weighted by atomic mass is 10.3. The number of hydrogen-bond acceptors (Lipinski definition) is 4. The summed E-state index contributed by atoms with van der Waals surface area (Å²) in [7, 11) is -3.38. The molecule has 1 aromatic heterocycles. The summed E-state index contributed by atoms with van der Waals surface area (Å²) in [4.78, 5) is 4.04. The molecule has 1 saturated heterocycles. The van der Waals surface area contributed by atoms with Gasteiger partial charge >= 0.3 is 0 Å². The fourth-order valence-electron chi connectivity index (χ4n) is 1.62. The van der Waals surface area contributed by atoms with Crippen LogP contribution >= 0.6 is 24.8 Å². The number of nitrogens with zero attached hydrogens (tertiary/aromatic N) is 2. The third kappa shape index (κ3) is 3.53. The van der Waals surface area contributed by atoms with Gasteiger partial charge in [-0.2, -0.15) is 4.31 Å². The van der Waals surface area contributed by atoms with Gasteiger partial charge in [-0.3, -0.25) is 4.98 Å². The zero-order valence-corrected chi connectivity index (χ0v) is 11.5. The number of nitrogens with two attached hydrogens (primary N) is 1. The van der Waals surface area contributed by atoms with Crippen molar-refractivity contribution in [2.75, 3.05) is 13.1 Å². The molecule has 17 heavy (non-hydrogen) atoms. The molecule has 0 amide bonds. The predicted molar refractivity (Wildman–Crippen MR) is 70.1 cm³/mol. The third-order valence-electron chi connectivity index (χ3n) is 2.46. The lowest BCUT2D eigenvalue weighted by Crippen LogP contribution is -2.31. The first-order valence-electron chi connectivity index (χ1n) is 4.76. The van der Waals surface area contributed by atoms with Gasteiger partial charge < -0.3 is 5.73 Å². The number of pyridine rings is 1. The minimum Gasteiger partial charge on any atom is -0.326 e. The second-order valence-corrected chi connectivity index (χ2v) is 5.54. The molecule has 0 saturated carbocycles. The third-order valence-corrected chi connectivity index (χ3v) is 4.31. The van der Waals surface area contributed by atoms with Crippen LogP contribution in [0.1, 0.15) is 6.42 Å². The van der Waals surface area contributed by atoms with E-state index in [0.717, 1.165) is 6.42 Å². The van der Waals surface area contributed by atoms with E-state index in [9.17, 15) is 8.42 Å². The van der Waals surface area contributed by atoms with Gasteiger partial charge in [0.15, 0.2) is 0 Å². The van der Waals surface area contributed by atoms with E-state index < -0.39 is 10.0 Å². The molecule has 8 heteroatoms. The Morgan fingerprint density at radius 2 is 2.12 bits per heavy atom. The topological polar surface area (TPSA) is 76.3 Å². The van der Waals surface area contributed by atoms with Crippen LogP contribution in [0, 0.1) is 0 Å². The SMILES string of the molecule is Cl.Cl.N[C@H]1CCN(S(=O)(=O)c2cccnc2)C1. The van der Waals surface area contributed by atoms with Crippen LogP contribution in [0.25, 0.3) is 0 Å². The number of hydrogen-bond donors (Lipinski definition) is 1. The van der Waals surface area contributed by atoms with E-state index in [4.69, 9.17) is 5.73 Å². The van der Waals surface area contributed by atoms with Crippen molar-refractivity contribution < 1.29 is 8.42 Å². The standard InChI is InChI=1S/C9H13N3O2S.2ClH/c10-8-3-5-12(7-8)15(13,14)9-2-1-4-11-6-9;;/h1-2,4,6,8H,3,5,7,10H2;2*1H/t8-;;/m0../s1. The summed E-state index contributed by atoms with van der Waals surface area (Å²) in [6.45, 7) is 0.898. The number of halogens is 2. The summed E-state index contributed by atoms with van der Waals surface area (Å²) >= 11 is 0. The fourth-order valence-corrected chi connectivity index (χ4v) is 3.10. The first kappa shape index (κ1) is 16.6. The van der Waals surface area contributed by atoms with Crippen molar-refractivity contribution >= 4 is 34.8 Å². The summed E-state index contributed by atoms with van der Waals surface area (Å²) < 4.78 is 25.4. The monoisotopic (exact) mass is 299 g/mol. The highest BCUT2D eigenvalue weighted by Gasteiger charge is 2.30. The van der Waals surface area contributed by atoms with Crippen molar-refractivity contribution in [1.29, 1.82) is 0 Å². The molecule has 1 aliphatic rings. The van der Waals surface area contributed by atoms with Crippen LogP contribution in [-0.4, -0.2) is 36.8 Å². The average molecular weight is 300 g/mol.